The Hall–Kier alpha value is -6.63. The Bertz CT molecular complexity index is 2540. The van der Waals surface area contributed by atoms with Crippen molar-refractivity contribution in [3.05, 3.63) is 111 Å². The predicted molar refractivity (Wildman–Crippen MR) is 241 cm³/mol. The number of hydrogen-bond acceptors (Lipinski definition) is 19. The van der Waals surface area contributed by atoms with Crippen molar-refractivity contribution in [3.8, 4) is 17.2 Å². The van der Waals surface area contributed by atoms with Crippen LogP contribution in [-0.2, 0) is 27.3 Å². The fourth-order valence-corrected chi connectivity index (χ4v) is 9.10. The lowest BCUT2D eigenvalue weighted by Gasteiger charge is -2.53. The van der Waals surface area contributed by atoms with E-state index in [1.807, 2.05) is 6.08 Å². The minimum Gasteiger partial charge on any atom is -0.507 e. The molecule has 2 aromatic carbocycles. The monoisotopic (exact) mass is 944 g/mol. The van der Waals surface area contributed by atoms with Gasteiger partial charge in [-0.05, 0) is 72.6 Å². The maximum absolute atomic E-state index is 14.8. The van der Waals surface area contributed by atoms with Gasteiger partial charge >= 0.3 is 0 Å². The number of allylic oxidation sites excluding steroid dienone is 3. The van der Waals surface area contributed by atoms with Crippen molar-refractivity contribution in [2.75, 3.05) is 40.5 Å². The number of nitrogens with zero attached hydrogens (tertiary/aromatic N) is 2. The number of methoxy groups -OCH3 is 1. The second-order valence-corrected chi connectivity index (χ2v) is 17.0. The lowest BCUT2D eigenvalue weighted by molar-refractivity contribution is -0.420. The lowest BCUT2D eigenvalue weighted by Crippen LogP contribution is -2.75. The first-order chi connectivity index (χ1) is 32.4. The Kier molecular flexibility index (Phi) is 14.4. The number of benzene rings is 2. The summed E-state index contributed by atoms with van der Waals surface area (Å²) in [7, 11) is 2.71. The quantitative estimate of drug-likeness (QED) is 0.0381. The van der Waals surface area contributed by atoms with E-state index in [0.717, 1.165) is 28.7 Å². The molecule has 16 N–H and O–H groups in total. The number of rotatable bonds is 17. The number of carbonyl (C=O) groups is 4. The number of hydrogen-bond donors (Lipinski definition) is 13. The summed E-state index contributed by atoms with van der Waals surface area (Å²) in [6, 6.07) is 3.93. The molecule has 4 aliphatic heterocycles. The Morgan fingerprint density at radius 2 is 1.75 bits per heavy atom. The number of aliphatic imine (C=N–C) groups is 1. The van der Waals surface area contributed by atoms with Gasteiger partial charge in [0.2, 0.25) is 17.9 Å². The van der Waals surface area contributed by atoms with Crippen molar-refractivity contribution in [1.29, 1.82) is 0 Å². The molecule has 8 atom stereocenters. The number of amides is 2. The number of ether oxygens (including phenoxy) is 3. The number of phenolic OH excluding ortho intramolecular Hbond substituents is 1. The number of guanidine groups is 1. The van der Waals surface area contributed by atoms with E-state index >= 15 is 0 Å². The van der Waals surface area contributed by atoms with Gasteiger partial charge in [0, 0.05) is 80.3 Å². The highest BCUT2D eigenvalue weighted by atomic mass is 16.8. The number of ketones is 2. The predicted octanol–water partition coefficient (Wildman–Crippen LogP) is -2.40. The molecular formula is C46H56N8O14. The van der Waals surface area contributed by atoms with Gasteiger partial charge in [-0.15, -0.1) is 0 Å². The summed E-state index contributed by atoms with van der Waals surface area (Å²) in [5.41, 5.74) is 15.6. The molecule has 364 valence electrons. The summed E-state index contributed by atoms with van der Waals surface area (Å²) in [4.78, 5) is 59.5. The highest BCUT2D eigenvalue weighted by Crippen LogP contribution is 2.46. The zero-order valence-electron chi connectivity index (χ0n) is 37.2. The third-order valence-corrected chi connectivity index (χ3v) is 12.9. The normalized spacial score (nSPS) is 26.5. The van der Waals surface area contributed by atoms with E-state index in [2.05, 4.69) is 20.9 Å². The number of fused-ring (bicyclic) bond motifs is 2. The van der Waals surface area contributed by atoms with Gasteiger partial charge in [-0.1, -0.05) is 12.2 Å². The molecule has 0 bridgehead atoms. The maximum atomic E-state index is 14.8. The molecule has 0 spiro atoms. The third kappa shape index (κ3) is 9.31. The van der Waals surface area contributed by atoms with Crippen LogP contribution in [0.3, 0.4) is 0 Å². The molecule has 1 saturated heterocycles. The van der Waals surface area contributed by atoms with Gasteiger partial charge in [-0.25, -0.2) is 0 Å². The lowest BCUT2D eigenvalue weighted by atomic mass is 9.73. The van der Waals surface area contributed by atoms with Gasteiger partial charge in [0.15, 0.2) is 11.7 Å². The van der Waals surface area contributed by atoms with Gasteiger partial charge in [0.1, 0.15) is 41.7 Å². The molecule has 4 heterocycles. The fourth-order valence-electron chi connectivity index (χ4n) is 9.10. The molecule has 8 unspecified atom stereocenters. The van der Waals surface area contributed by atoms with E-state index in [9.17, 15) is 54.9 Å². The Morgan fingerprint density at radius 3 is 2.38 bits per heavy atom. The number of nitrogens with two attached hydrogens (primary N) is 3. The minimum atomic E-state index is -3.15. The Labute approximate surface area is 389 Å². The molecule has 68 heavy (non-hydrogen) atoms. The number of phenols is 1. The largest absolute Gasteiger partial charge is 0.507 e. The molecule has 0 aromatic heterocycles. The van der Waals surface area contributed by atoms with Crippen LogP contribution in [0.25, 0.3) is 0 Å². The van der Waals surface area contributed by atoms with Crippen LogP contribution < -0.4 is 42.6 Å². The average molecular weight is 945 g/mol. The second kappa shape index (κ2) is 19.9. The van der Waals surface area contributed by atoms with E-state index in [-0.39, 0.29) is 66.3 Å². The smallest absolute Gasteiger partial charge is 0.253 e. The van der Waals surface area contributed by atoms with Gasteiger partial charge in [-0.3, -0.25) is 29.1 Å². The molecule has 22 heteroatoms. The molecule has 5 aliphatic rings. The highest BCUT2D eigenvalue weighted by Gasteiger charge is 2.65. The molecule has 0 radical (unpaired) electrons. The second-order valence-electron chi connectivity index (χ2n) is 17.0. The molecule has 0 saturated carbocycles. The van der Waals surface area contributed by atoms with Crippen LogP contribution in [-0.4, -0.2) is 146 Å². The van der Waals surface area contributed by atoms with E-state index in [0.29, 0.717) is 24.0 Å². The van der Waals surface area contributed by atoms with Crippen LogP contribution >= 0.6 is 0 Å². The Balaban J connectivity index is 1.25. The zero-order valence-corrected chi connectivity index (χ0v) is 37.2. The molecule has 1 fully saturated rings. The van der Waals surface area contributed by atoms with Crippen molar-refractivity contribution < 1.29 is 69.1 Å². The summed E-state index contributed by atoms with van der Waals surface area (Å²) in [5, 5.41) is 88.9. The van der Waals surface area contributed by atoms with Gasteiger partial charge in [0.25, 0.3) is 11.8 Å². The van der Waals surface area contributed by atoms with Crippen LogP contribution in [0.1, 0.15) is 62.2 Å². The van der Waals surface area contributed by atoms with E-state index in [1.54, 1.807) is 18.4 Å². The zero-order chi connectivity index (χ0) is 49.2. The van der Waals surface area contributed by atoms with Crippen molar-refractivity contribution in [1.82, 2.24) is 20.9 Å². The topological polar surface area (TPSA) is 367 Å². The maximum Gasteiger partial charge on any atom is 0.253 e. The standard InChI is InChI=1S/C46H56N8O14/c1-50-44(49)53-19-30-25(12-22(4-3-11-55)24-5-6-32(47)52-18-24)13-28-37(39(30)60)40(61)36-29(38(28)59)15-27(66-2)16-31(36)67-43-41(62)42(63)45(64,46(65,21-56)68-43)17-26(23-9-10-51-33(48)14-23)20-54-34(57)7-8-35(54)58/h5-9,13-16,18,22,26,32,41-43,51-52,55-56,60,62-65H,3-4,10-12,17,19-21,47-48H2,1-2H3,(H3,49,50,53). The fraction of sp³-hybridized carbons (Fsp3) is 0.413. The highest BCUT2D eigenvalue weighted by molar-refractivity contribution is 6.30. The van der Waals surface area contributed by atoms with Crippen LogP contribution in [0.15, 0.2) is 82.8 Å². The number of aliphatic hydroxyl groups excluding tert-OH is 4. The first-order valence-electron chi connectivity index (χ1n) is 21.7. The minimum absolute atomic E-state index is 0.00836. The van der Waals surface area contributed by atoms with E-state index in [4.69, 9.17) is 31.4 Å². The number of imide groups is 1. The first kappa shape index (κ1) is 49.3. The van der Waals surface area contributed by atoms with Crippen LogP contribution in [0, 0.1) is 11.8 Å². The van der Waals surface area contributed by atoms with Gasteiger partial charge < -0.3 is 83.1 Å². The molecule has 2 amide bonds. The summed E-state index contributed by atoms with van der Waals surface area (Å²) in [5.74, 6) is -8.39. The van der Waals surface area contributed by atoms with Gasteiger partial charge in [-0.2, -0.15) is 0 Å². The van der Waals surface area contributed by atoms with Crippen molar-refractivity contribution >= 4 is 29.3 Å². The van der Waals surface area contributed by atoms with E-state index < -0.39 is 108 Å². The summed E-state index contributed by atoms with van der Waals surface area (Å²) in [6.45, 7) is -1.86. The van der Waals surface area contributed by atoms with Crippen LogP contribution in [0.5, 0.6) is 17.2 Å². The van der Waals surface area contributed by atoms with Crippen molar-refractivity contribution in [2.24, 2.45) is 34.0 Å². The number of nitrogens with one attached hydrogen (secondary N) is 3. The summed E-state index contributed by atoms with van der Waals surface area (Å²) < 4.78 is 17.2. The summed E-state index contributed by atoms with van der Waals surface area (Å²) in [6.07, 6.45) is 3.69. The third-order valence-electron chi connectivity index (χ3n) is 12.9. The number of aromatic hydroxyl groups is 1. The molecule has 7 rings (SSSR count). The molecule has 1 aliphatic carbocycles. The van der Waals surface area contributed by atoms with Crippen molar-refractivity contribution in [3.63, 3.8) is 0 Å². The Morgan fingerprint density at radius 1 is 1.03 bits per heavy atom. The average Bonchev–Trinajstić information content (AvgIpc) is 3.64. The number of carbonyl (C=O) groups excluding carboxylic acids is 4. The SMILES string of the molecule is CN=C(N)NCc1c(CC(CCCO)C2=CNC(N)C=C2)cc2c(c1O)C(=O)c1c(OC3OC(O)(CO)C(O)(CC(CN4C(=O)C=CC4=O)C4=CCNC(N)=C4)C(O)C3O)cc(OC)cc1C2=O. The first-order valence-corrected chi connectivity index (χ1v) is 21.7. The van der Waals surface area contributed by atoms with Crippen LogP contribution in [0.4, 0.5) is 0 Å². The van der Waals surface area contributed by atoms with Gasteiger partial charge in [0.05, 0.1) is 30.2 Å². The number of dihydropyridines is 2. The number of aliphatic hydroxyl groups is 6. The molecule has 2 aromatic rings. The van der Waals surface area contributed by atoms with Crippen LogP contribution in [0.2, 0.25) is 0 Å². The molecule has 22 nitrogen and oxygen atoms in total. The molecular weight excluding hydrogens is 889 g/mol. The van der Waals surface area contributed by atoms with E-state index in [1.165, 1.54) is 32.4 Å². The summed E-state index contributed by atoms with van der Waals surface area (Å²) >= 11 is 0. The van der Waals surface area contributed by atoms with Crippen molar-refractivity contribution in [2.45, 2.75) is 68.3 Å².